The molecule has 3 aromatic rings. The molecule has 0 amide bonds. The third-order valence-corrected chi connectivity index (χ3v) is 3.38. The Balaban J connectivity index is 2.16. The molecule has 0 fully saturated rings. The fourth-order valence-electron chi connectivity index (χ4n) is 1.94. The summed E-state index contributed by atoms with van der Waals surface area (Å²) in [4.78, 5) is 8.93. The lowest BCUT2D eigenvalue weighted by Crippen LogP contribution is -2.06. The Hall–Kier alpha value is -1.40. The molecular formula is C12H10BrClN4O. The number of hydrogen-bond acceptors (Lipinski definition) is 4. The highest BCUT2D eigenvalue weighted by atomic mass is 79.9. The number of pyridine rings is 1. The van der Waals surface area contributed by atoms with Gasteiger partial charge in [0, 0.05) is 16.7 Å². The standard InChI is InChI=1S/C12H10BrClN4O/c1-7(14)11-16-10-4-8(13)5-15-12(10)18(11)6-9-2-3-19-17-9/h2-5,7H,6H2,1H3. The van der Waals surface area contributed by atoms with Gasteiger partial charge in [-0.1, -0.05) is 5.16 Å². The van der Waals surface area contributed by atoms with Crippen LogP contribution in [0.25, 0.3) is 11.2 Å². The molecule has 0 aromatic carbocycles. The molecule has 0 aliphatic rings. The monoisotopic (exact) mass is 340 g/mol. The van der Waals surface area contributed by atoms with Crippen molar-refractivity contribution < 1.29 is 4.52 Å². The summed E-state index contributed by atoms with van der Waals surface area (Å²) in [6, 6.07) is 3.73. The molecular weight excluding hydrogens is 332 g/mol. The van der Waals surface area contributed by atoms with E-state index < -0.39 is 0 Å². The minimum atomic E-state index is -0.208. The minimum Gasteiger partial charge on any atom is -0.364 e. The van der Waals surface area contributed by atoms with Gasteiger partial charge in [0.1, 0.15) is 23.3 Å². The van der Waals surface area contributed by atoms with Crippen LogP contribution in [-0.4, -0.2) is 19.7 Å². The number of hydrogen-bond donors (Lipinski definition) is 0. The predicted molar refractivity (Wildman–Crippen MR) is 75.1 cm³/mol. The average Bonchev–Trinajstić information content (AvgIpc) is 2.97. The maximum atomic E-state index is 6.19. The van der Waals surface area contributed by atoms with E-state index in [1.807, 2.05) is 23.6 Å². The molecule has 0 radical (unpaired) electrons. The number of halogens is 2. The van der Waals surface area contributed by atoms with E-state index in [-0.39, 0.29) is 5.38 Å². The Bertz CT molecular complexity index is 708. The molecule has 1 unspecified atom stereocenters. The lowest BCUT2D eigenvalue weighted by atomic mass is 10.4. The molecule has 0 aliphatic heterocycles. The summed E-state index contributed by atoms with van der Waals surface area (Å²) >= 11 is 9.58. The van der Waals surface area contributed by atoms with Gasteiger partial charge in [-0.2, -0.15) is 0 Å². The molecule has 7 heteroatoms. The number of imidazole rings is 1. The SMILES string of the molecule is CC(Cl)c1nc2cc(Br)cnc2n1Cc1ccon1. The Kier molecular flexibility index (Phi) is 3.28. The summed E-state index contributed by atoms with van der Waals surface area (Å²) in [6.07, 6.45) is 3.29. The third-order valence-electron chi connectivity index (χ3n) is 2.75. The van der Waals surface area contributed by atoms with E-state index in [0.29, 0.717) is 6.54 Å². The first-order valence-electron chi connectivity index (χ1n) is 5.70. The highest BCUT2D eigenvalue weighted by Crippen LogP contribution is 2.25. The highest BCUT2D eigenvalue weighted by molar-refractivity contribution is 9.10. The van der Waals surface area contributed by atoms with Crippen LogP contribution in [0.4, 0.5) is 0 Å². The largest absolute Gasteiger partial charge is 0.364 e. The van der Waals surface area contributed by atoms with Crippen LogP contribution in [0.5, 0.6) is 0 Å². The van der Waals surface area contributed by atoms with Crippen LogP contribution >= 0.6 is 27.5 Å². The second kappa shape index (κ2) is 4.94. The maximum absolute atomic E-state index is 6.19. The second-order valence-corrected chi connectivity index (χ2v) is 5.73. The van der Waals surface area contributed by atoms with Gasteiger partial charge in [-0.3, -0.25) is 0 Å². The number of rotatable bonds is 3. The quantitative estimate of drug-likeness (QED) is 0.684. The topological polar surface area (TPSA) is 56.7 Å². The van der Waals surface area contributed by atoms with Gasteiger partial charge in [-0.25, -0.2) is 9.97 Å². The Morgan fingerprint density at radius 3 is 3.05 bits per heavy atom. The van der Waals surface area contributed by atoms with Crippen molar-refractivity contribution in [2.45, 2.75) is 18.8 Å². The Morgan fingerprint density at radius 1 is 1.53 bits per heavy atom. The maximum Gasteiger partial charge on any atom is 0.160 e. The summed E-state index contributed by atoms with van der Waals surface area (Å²) in [6.45, 7) is 2.42. The Labute approximate surface area is 122 Å². The summed E-state index contributed by atoms with van der Waals surface area (Å²) < 4.78 is 7.69. The minimum absolute atomic E-state index is 0.208. The zero-order valence-corrected chi connectivity index (χ0v) is 12.4. The molecule has 19 heavy (non-hydrogen) atoms. The zero-order valence-electron chi connectivity index (χ0n) is 10.0. The van der Waals surface area contributed by atoms with E-state index in [1.54, 1.807) is 12.5 Å². The molecule has 0 bridgehead atoms. The van der Waals surface area contributed by atoms with Crippen LogP contribution in [0.15, 0.2) is 33.6 Å². The van der Waals surface area contributed by atoms with E-state index in [9.17, 15) is 0 Å². The first kappa shape index (κ1) is 12.6. The molecule has 98 valence electrons. The van der Waals surface area contributed by atoms with Gasteiger partial charge in [-0.15, -0.1) is 11.6 Å². The molecule has 3 aromatic heterocycles. The molecule has 1 atom stereocenters. The van der Waals surface area contributed by atoms with Crippen molar-refractivity contribution in [1.29, 1.82) is 0 Å². The fourth-order valence-corrected chi connectivity index (χ4v) is 2.43. The first-order valence-corrected chi connectivity index (χ1v) is 6.93. The van der Waals surface area contributed by atoms with Crippen molar-refractivity contribution in [2.24, 2.45) is 0 Å². The smallest absolute Gasteiger partial charge is 0.160 e. The number of nitrogens with zero attached hydrogens (tertiary/aromatic N) is 4. The molecule has 0 saturated carbocycles. The van der Waals surface area contributed by atoms with Crippen molar-refractivity contribution in [3.8, 4) is 0 Å². The first-order chi connectivity index (χ1) is 9.15. The average molecular weight is 342 g/mol. The fraction of sp³-hybridized carbons (Fsp3) is 0.250. The predicted octanol–water partition coefficient (Wildman–Crippen LogP) is 3.53. The molecule has 0 N–H and O–H groups in total. The molecule has 0 aliphatic carbocycles. The van der Waals surface area contributed by atoms with Crippen molar-refractivity contribution in [1.82, 2.24) is 19.7 Å². The van der Waals surface area contributed by atoms with E-state index in [4.69, 9.17) is 16.1 Å². The normalized spacial score (nSPS) is 13.0. The molecule has 3 heterocycles. The van der Waals surface area contributed by atoms with Crippen molar-refractivity contribution >= 4 is 38.7 Å². The van der Waals surface area contributed by atoms with Crippen molar-refractivity contribution in [2.75, 3.05) is 0 Å². The highest BCUT2D eigenvalue weighted by Gasteiger charge is 2.17. The van der Waals surface area contributed by atoms with Gasteiger partial charge in [0.2, 0.25) is 0 Å². The molecule has 0 spiro atoms. The van der Waals surface area contributed by atoms with E-state index in [0.717, 1.165) is 27.2 Å². The van der Waals surface area contributed by atoms with Crippen LogP contribution in [0.3, 0.4) is 0 Å². The van der Waals surface area contributed by atoms with Crippen molar-refractivity contribution in [3.63, 3.8) is 0 Å². The van der Waals surface area contributed by atoms with E-state index >= 15 is 0 Å². The van der Waals surface area contributed by atoms with E-state index in [1.165, 1.54) is 0 Å². The van der Waals surface area contributed by atoms with Gasteiger partial charge in [0.25, 0.3) is 0 Å². The third kappa shape index (κ3) is 2.37. The number of alkyl halides is 1. The number of fused-ring (bicyclic) bond motifs is 1. The summed E-state index contributed by atoms with van der Waals surface area (Å²) in [5.41, 5.74) is 2.40. The zero-order chi connectivity index (χ0) is 13.4. The van der Waals surface area contributed by atoms with Gasteiger partial charge < -0.3 is 9.09 Å². The van der Waals surface area contributed by atoms with E-state index in [2.05, 4.69) is 31.1 Å². The summed E-state index contributed by atoms with van der Waals surface area (Å²) in [7, 11) is 0. The van der Waals surface area contributed by atoms with Gasteiger partial charge in [-0.05, 0) is 28.9 Å². The molecule has 0 saturated heterocycles. The summed E-state index contributed by atoms with van der Waals surface area (Å²) in [5.74, 6) is 0.769. The van der Waals surface area contributed by atoms with Crippen molar-refractivity contribution in [3.05, 3.63) is 40.6 Å². The second-order valence-electron chi connectivity index (χ2n) is 4.16. The lowest BCUT2D eigenvalue weighted by Gasteiger charge is -2.07. The van der Waals surface area contributed by atoms with Gasteiger partial charge >= 0.3 is 0 Å². The number of aromatic nitrogens is 4. The van der Waals surface area contributed by atoms with Gasteiger partial charge in [0.05, 0.1) is 11.9 Å². The van der Waals surface area contributed by atoms with Crippen LogP contribution in [0.2, 0.25) is 0 Å². The lowest BCUT2D eigenvalue weighted by molar-refractivity contribution is 0.409. The summed E-state index contributed by atoms with van der Waals surface area (Å²) in [5, 5.41) is 3.70. The Morgan fingerprint density at radius 2 is 2.37 bits per heavy atom. The molecule has 5 nitrogen and oxygen atoms in total. The van der Waals surface area contributed by atoms with Gasteiger partial charge in [0.15, 0.2) is 5.65 Å². The van der Waals surface area contributed by atoms with Crippen LogP contribution in [-0.2, 0) is 6.54 Å². The molecule has 3 rings (SSSR count). The van der Waals surface area contributed by atoms with Crippen LogP contribution in [0.1, 0.15) is 23.8 Å². The van der Waals surface area contributed by atoms with Crippen LogP contribution in [0, 0.1) is 0 Å². The van der Waals surface area contributed by atoms with Crippen LogP contribution < -0.4 is 0 Å².